The molecule has 1 amide bonds. The van der Waals surface area contributed by atoms with E-state index < -0.39 is 4.92 Å². The number of benzene rings is 2. The molecule has 2 aromatic carbocycles. The molecule has 0 saturated heterocycles. The van der Waals surface area contributed by atoms with E-state index in [1.807, 2.05) is 18.2 Å². The molecule has 6 nitrogen and oxygen atoms in total. The molecule has 7 heteroatoms. The molecule has 0 saturated carbocycles. The van der Waals surface area contributed by atoms with E-state index in [1.165, 1.54) is 22.6 Å². The molecule has 0 aliphatic carbocycles. The summed E-state index contributed by atoms with van der Waals surface area (Å²) in [5, 5.41) is 16.6. The van der Waals surface area contributed by atoms with Gasteiger partial charge in [0.25, 0.3) is 5.69 Å². The highest BCUT2D eigenvalue weighted by atomic mass is 32.2. The molecule has 0 aromatic heterocycles. The zero-order valence-corrected chi connectivity index (χ0v) is 13.7. The Labute approximate surface area is 143 Å². The number of anilines is 1. The monoisotopic (exact) mass is 343 g/mol. The molecular formula is C17H17N3O3S. The lowest BCUT2D eigenvalue weighted by atomic mass is 10.1. The first-order chi connectivity index (χ1) is 11.6. The van der Waals surface area contributed by atoms with Crippen LogP contribution in [0.4, 0.5) is 11.4 Å². The van der Waals surface area contributed by atoms with Gasteiger partial charge in [-0.1, -0.05) is 18.2 Å². The fourth-order valence-corrected chi connectivity index (χ4v) is 3.76. The molecule has 1 heterocycles. The van der Waals surface area contributed by atoms with E-state index >= 15 is 0 Å². The number of carbonyl (C=O) groups excluding carboxylic acids is 1. The van der Waals surface area contributed by atoms with Crippen molar-refractivity contribution in [1.82, 2.24) is 5.32 Å². The van der Waals surface area contributed by atoms with Gasteiger partial charge in [0.1, 0.15) is 0 Å². The number of thioether (sulfide) groups is 1. The van der Waals surface area contributed by atoms with Crippen molar-refractivity contribution in [3.05, 3.63) is 64.2 Å². The summed E-state index contributed by atoms with van der Waals surface area (Å²) in [6, 6.07) is 14.3. The van der Waals surface area contributed by atoms with Crippen LogP contribution >= 0.6 is 11.8 Å². The van der Waals surface area contributed by atoms with Crippen molar-refractivity contribution >= 4 is 29.0 Å². The van der Waals surface area contributed by atoms with Crippen molar-refractivity contribution < 1.29 is 9.72 Å². The van der Waals surface area contributed by atoms with E-state index in [9.17, 15) is 14.9 Å². The van der Waals surface area contributed by atoms with Gasteiger partial charge in [-0.2, -0.15) is 0 Å². The molecule has 24 heavy (non-hydrogen) atoms. The number of nitrogens with one attached hydrogen (secondary N) is 2. The Hall–Kier alpha value is -2.54. The minimum absolute atomic E-state index is 0.0432. The number of rotatable bonds is 6. The topological polar surface area (TPSA) is 84.3 Å². The second-order valence-electron chi connectivity index (χ2n) is 5.44. The maximum Gasteiger partial charge on any atom is 0.269 e. The Morgan fingerprint density at radius 2 is 1.92 bits per heavy atom. The lowest BCUT2D eigenvalue weighted by molar-refractivity contribution is -0.384. The summed E-state index contributed by atoms with van der Waals surface area (Å²) in [5.74, 6) is 0.0432. The number of hydrogen-bond donors (Lipinski definition) is 2. The van der Waals surface area contributed by atoms with E-state index in [0.29, 0.717) is 13.1 Å². The fraction of sp³-hybridized carbons (Fsp3) is 0.235. The summed E-state index contributed by atoms with van der Waals surface area (Å²) in [5.41, 5.74) is 2.08. The predicted molar refractivity (Wildman–Crippen MR) is 94.4 cm³/mol. The number of carbonyl (C=O) groups is 1. The minimum Gasteiger partial charge on any atom is -0.383 e. The van der Waals surface area contributed by atoms with Crippen LogP contribution < -0.4 is 10.6 Å². The Morgan fingerprint density at radius 3 is 2.62 bits per heavy atom. The SMILES string of the molecule is O=C(NCCNc1ccc([N+](=O)[O-])cc1)[C@H]1Cc2ccccc2S1. The average Bonchev–Trinajstić information content (AvgIpc) is 3.03. The van der Waals surface area contributed by atoms with Crippen LogP contribution in [-0.2, 0) is 11.2 Å². The normalized spacial score (nSPS) is 15.6. The first kappa shape index (κ1) is 16.3. The van der Waals surface area contributed by atoms with Crippen LogP contribution in [0.25, 0.3) is 0 Å². The number of nitro groups is 1. The summed E-state index contributed by atoms with van der Waals surface area (Å²) in [4.78, 5) is 23.6. The quantitative estimate of drug-likeness (QED) is 0.479. The van der Waals surface area contributed by atoms with Crippen molar-refractivity contribution in [1.29, 1.82) is 0 Å². The molecule has 1 aliphatic rings. The van der Waals surface area contributed by atoms with E-state index in [4.69, 9.17) is 0 Å². The van der Waals surface area contributed by atoms with Gasteiger partial charge in [-0.25, -0.2) is 0 Å². The van der Waals surface area contributed by atoms with Crippen molar-refractivity contribution in [2.45, 2.75) is 16.6 Å². The van der Waals surface area contributed by atoms with Gasteiger partial charge in [-0.05, 0) is 30.2 Å². The lowest BCUT2D eigenvalue weighted by Gasteiger charge is -2.11. The third kappa shape index (κ3) is 3.86. The molecule has 124 valence electrons. The standard InChI is InChI=1S/C17H17N3O3S/c21-17(16-11-12-3-1-2-4-15(12)24-16)19-10-9-18-13-5-7-14(8-6-13)20(22)23/h1-8,16,18H,9-11H2,(H,19,21)/t16-/m1/s1. The highest BCUT2D eigenvalue weighted by Crippen LogP contribution is 2.36. The first-order valence-electron chi connectivity index (χ1n) is 7.64. The van der Waals surface area contributed by atoms with Crippen LogP contribution in [0, 0.1) is 10.1 Å². The zero-order valence-electron chi connectivity index (χ0n) is 12.9. The third-order valence-electron chi connectivity index (χ3n) is 3.77. The number of non-ortho nitro benzene ring substituents is 1. The van der Waals surface area contributed by atoms with E-state index in [-0.39, 0.29) is 16.8 Å². The molecule has 0 spiro atoms. The minimum atomic E-state index is -0.429. The van der Waals surface area contributed by atoms with Crippen LogP contribution in [0.15, 0.2) is 53.4 Å². The third-order valence-corrected chi connectivity index (χ3v) is 5.09. The second kappa shape index (κ2) is 7.35. The molecule has 0 radical (unpaired) electrons. The summed E-state index contributed by atoms with van der Waals surface area (Å²) in [6.07, 6.45) is 0.766. The molecule has 0 bridgehead atoms. The van der Waals surface area contributed by atoms with Crippen LogP contribution in [0.1, 0.15) is 5.56 Å². The lowest BCUT2D eigenvalue weighted by Crippen LogP contribution is -2.35. The molecule has 0 unspecified atom stereocenters. The highest BCUT2D eigenvalue weighted by Gasteiger charge is 2.27. The Balaban J connectivity index is 1.41. The molecule has 1 aliphatic heterocycles. The van der Waals surface area contributed by atoms with Crippen molar-refractivity contribution in [3.63, 3.8) is 0 Å². The fourth-order valence-electron chi connectivity index (χ4n) is 2.54. The molecule has 2 N–H and O–H groups in total. The van der Waals surface area contributed by atoms with Crippen molar-refractivity contribution in [2.75, 3.05) is 18.4 Å². The second-order valence-corrected chi connectivity index (χ2v) is 6.68. The van der Waals surface area contributed by atoms with Crippen LogP contribution in [-0.4, -0.2) is 29.2 Å². The van der Waals surface area contributed by atoms with Gasteiger partial charge in [0.15, 0.2) is 0 Å². The number of hydrogen-bond acceptors (Lipinski definition) is 5. The van der Waals surface area contributed by atoms with Gasteiger partial charge < -0.3 is 10.6 Å². The Kier molecular flexibility index (Phi) is 5.00. The maximum absolute atomic E-state index is 12.2. The van der Waals surface area contributed by atoms with Gasteiger partial charge in [0.05, 0.1) is 10.2 Å². The highest BCUT2D eigenvalue weighted by molar-refractivity contribution is 8.01. The number of fused-ring (bicyclic) bond motifs is 1. The van der Waals surface area contributed by atoms with Crippen LogP contribution in [0.5, 0.6) is 0 Å². The number of nitro benzene ring substituents is 1. The summed E-state index contributed by atoms with van der Waals surface area (Å²) in [7, 11) is 0. The van der Waals surface area contributed by atoms with Gasteiger partial charge in [0.2, 0.25) is 5.91 Å². The van der Waals surface area contributed by atoms with Crippen molar-refractivity contribution in [2.24, 2.45) is 0 Å². The van der Waals surface area contributed by atoms with Gasteiger partial charge >= 0.3 is 0 Å². The van der Waals surface area contributed by atoms with E-state index in [1.54, 1.807) is 23.9 Å². The van der Waals surface area contributed by atoms with Gasteiger partial charge in [0, 0.05) is 35.8 Å². The van der Waals surface area contributed by atoms with E-state index in [2.05, 4.69) is 16.7 Å². The number of nitrogens with zero attached hydrogens (tertiary/aromatic N) is 1. The summed E-state index contributed by atoms with van der Waals surface area (Å²) < 4.78 is 0. The van der Waals surface area contributed by atoms with Crippen molar-refractivity contribution in [3.8, 4) is 0 Å². The predicted octanol–water partition coefficient (Wildman–Crippen LogP) is 2.84. The molecule has 1 atom stereocenters. The van der Waals surface area contributed by atoms with Crippen LogP contribution in [0.2, 0.25) is 0 Å². The first-order valence-corrected chi connectivity index (χ1v) is 8.52. The molecular weight excluding hydrogens is 326 g/mol. The van der Waals surface area contributed by atoms with Gasteiger partial charge in [-0.15, -0.1) is 11.8 Å². The zero-order chi connectivity index (χ0) is 16.9. The van der Waals surface area contributed by atoms with Crippen LogP contribution in [0.3, 0.4) is 0 Å². The van der Waals surface area contributed by atoms with E-state index in [0.717, 1.165) is 12.1 Å². The molecule has 2 aromatic rings. The smallest absolute Gasteiger partial charge is 0.269 e. The molecule has 3 rings (SSSR count). The summed E-state index contributed by atoms with van der Waals surface area (Å²) >= 11 is 1.61. The summed E-state index contributed by atoms with van der Waals surface area (Å²) in [6.45, 7) is 1.07. The van der Waals surface area contributed by atoms with Gasteiger partial charge in [-0.3, -0.25) is 14.9 Å². The largest absolute Gasteiger partial charge is 0.383 e. The number of amides is 1. The molecule has 0 fully saturated rings. The Morgan fingerprint density at radius 1 is 1.17 bits per heavy atom. The maximum atomic E-state index is 12.2. The average molecular weight is 343 g/mol. The Bertz CT molecular complexity index is 724.